The Kier molecular flexibility index (Phi) is 6.31. The number of methoxy groups -OCH3 is 1. The Labute approximate surface area is 169 Å². The predicted octanol–water partition coefficient (Wildman–Crippen LogP) is 4.15. The number of sulfonamides is 1. The van der Waals surface area contributed by atoms with Gasteiger partial charge in [0.05, 0.1) is 12.0 Å². The summed E-state index contributed by atoms with van der Waals surface area (Å²) in [6.07, 6.45) is 3.12. The molecule has 0 unspecified atom stereocenters. The van der Waals surface area contributed by atoms with Crippen molar-refractivity contribution in [2.24, 2.45) is 0 Å². The summed E-state index contributed by atoms with van der Waals surface area (Å²) in [5.41, 5.74) is 1.83. The Bertz CT molecular complexity index is 1090. The van der Waals surface area contributed by atoms with E-state index in [9.17, 15) is 13.2 Å². The van der Waals surface area contributed by atoms with Crippen LogP contribution in [0.3, 0.4) is 0 Å². The summed E-state index contributed by atoms with van der Waals surface area (Å²) in [4.78, 5) is 12.1. The molecule has 6 nitrogen and oxygen atoms in total. The lowest BCUT2D eigenvalue weighted by atomic mass is 10.2. The zero-order valence-corrected chi connectivity index (χ0v) is 16.5. The number of amides is 1. The van der Waals surface area contributed by atoms with Gasteiger partial charge in [0.15, 0.2) is 0 Å². The highest BCUT2D eigenvalue weighted by atomic mass is 32.2. The summed E-state index contributed by atoms with van der Waals surface area (Å²) in [5, 5.41) is 2.70. The van der Waals surface area contributed by atoms with E-state index in [1.807, 2.05) is 30.3 Å². The lowest BCUT2D eigenvalue weighted by Gasteiger charge is -2.09. The highest BCUT2D eigenvalue weighted by Crippen LogP contribution is 2.20. The summed E-state index contributed by atoms with van der Waals surface area (Å²) in [6, 6.07) is 22.0. The summed E-state index contributed by atoms with van der Waals surface area (Å²) in [5.74, 6) is 0.329. The van der Waals surface area contributed by atoms with Crippen LogP contribution < -0.4 is 14.8 Å². The Hall–Kier alpha value is -3.58. The van der Waals surface area contributed by atoms with Crippen molar-refractivity contribution in [3.8, 4) is 5.75 Å². The van der Waals surface area contributed by atoms with E-state index in [4.69, 9.17) is 4.74 Å². The maximum Gasteiger partial charge on any atom is 0.261 e. The maximum absolute atomic E-state index is 12.5. The number of benzene rings is 3. The number of nitrogens with one attached hydrogen (secondary N) is 2. The zero-order chi connectivity index (χ0) is 20.7. The van der Waals surface area contributed by atoms with Crippen LogP contribution in [0, 0.1) is 0 Å². The molecule has 3 rings (SSSR count). The molecule has 1 amide bonds. The number of carbonyl (C=O) groups is 1. The van der Waals surface area contributed by atoms with E-state index in [1.165, 1.54) is 37.5 Å². The van der Waals surface area contributed by atoms with E-state index in [2.05, 4.69) is 10.0 Å². The number of carbonyl (C=O) groups excluding carboxylic acids is 1. The molecular formula is C22H20N2O4S. The minimum absolute atomic E-state index is 0.0890. The third-order valence-electron chi connectivity index (χ3n) is 4.00. The molecule has 0 fully saturated rings. The molecule has 0 radical (unpaired) electrons. The van der Waals surface area contributed by atoms with E-state index >= 15 is 0 Å². The second-order valence-electron chi connectivity index (χ2n) is 6.09. The van der Waals surface area contributed by atoms with Gasteiger partial charge in [-0.25, -0.2) is 8.42 Å². The summed E-state index contributed by atoms with van der Waals surface area (Å²) in [6.45, 7) is 0. The topological polar surface area (TPSA) is 84.5 Å². The van der Waals surface area contributed by atoms with Crippen molar-refractivity contribution in [3.63, 3.8) is 0 Å². The highest BCUT2D eigenvalue weighted by molar-refractivity contribution is 7.92. The Morgan fingerprint density at radius 2 is 1.48 bits per heavy atom. The highest BCUT2D eigenvalue weighted by Gasteiger charge is 2.14. The van der Waals surface area contributed by atoms with Crippen LogP contribution in [0.4, 0.5) is 11.4 Å². The molecule has 29 heavy (non-hydrogen) atoms. The van der Waals surface area contributed by atoms with Crippen molar-refractivity contribution in [1.82, 2.24) is 0 Å². The van der Waals surface area contributed by atoms with Gasteiger partial charge in [0.2, 0.25) is 5.91 Å². The molecular weight excluding hydrogens is 388 g/mol. The first-order valence-corrected chi connectivity index (χ1v) is 10.3. The Morgan fingerprint density at radius 3 is 2.10 bits per heavy atom. The smallest absolute Gasteiger partial charge is 0.261 e. The first-order valence-electron chi connectivity index (χ1n) is 8.77. The van der Waals surface area contributed by atoms with Crippen LogP contribution in [0.5, 0.6) is 5.75 Å². The van der Waals surface area contributed by atoms with Crippen LogP contribution in [-0.4, -0.2) is 21.4 Å². The molecule has 7 heteroatoms. The van der Waals surface area contributed by atoms with Gasteiger partial charge in [-0.05, 0) is 60.2 Å². The van der Waals surface area contributed by atoms with E-state index in [-0.39, 0.29) is 10.8 Å². The number of hydrogen-bond acceptors (Lipinski definition) is 4. The first kappa shape index (κ1) is 20.2. The molecule has 0 aliphatic rings. The molecule has 0 atom stereocenters. The number of rotatable bonds is 7. The van der Waals surface area contributed by atoms with Crippen molar-refractivity contribution in [2.45, 2.75) is 4.90 Å². The van der Waals surface area contributed by atoms with Crippen LogP contribution >= 0.6 is 0 Å². The molecule has 0 bridgehead atoms. The van der Waals surface area contributed by atoms with E-state index in [0.29, 0.717) is 17.1 Å². The van der Waals surface area contributed by atoms with Gasteiger partial charge in [0.1, 0.15) is 5.75 Å². The van der Waals surface area contributed by atoms with Gasteiger partial charge in [-0.3, -0.25) is 9.52 Å². The second kappa shape index (κ2) is 9.07. The predicted molar refractivity (Wildman–Crippen MR) is 114 cm³/mol. The van der Waals surface area contributed by atoms with Gasteiger partial charge in [-0.15, -0.1) is 0 Å². The zero-order valence-electron chi connectivity index (χ0n) is 15.7. The fourth-order valence-corrected chi connectivity index (χ4v) is 3.57. The van der Waals surface area contributed by atoms with Crippen molar-refractivity contribution in [1.29, 1.82) is 0 Å². The quantitative estimate of drug-likeness (QED) is 0.575. The van der Waals surface area contributed by atoms with Gasteiger partial charge in [0.25, 0.3) is 10.0 Å². The first-order chi connectivity index (χ1) is 14.0. The fourth-order valence-electron chi connectivity index (χ4n) is 2.51. The summed E-state index contributed by atoms with van der Waals surface area (Å²) >= 11 is 0. The fraction of sp³-hybridized carbons (Fsp3) is 0.0455. The van der Waals surface area contributed by atoms with E-state index in [0.717, 1.165) is 5.56 Å². The van der Waals surface area contributed by atoms with Crippen molar-refractivity contribution in [3.05, 3.63) is 90.5 Å². The summed E-state index contributed by atoms with van der Waals surface area (Å²) < 4.78 is 32.6. The van der Waals surface area contributed by atoms with Gasteiger partial charge < -0.3 is 10.1 Å². The molecule has 0 saturated heterocycles. The van der Waals surface area contributed by atoms with E-state index < -0.39 is 10.0 Å². The third kappa shape index (κ3) is 5.70. The van der Waals surface area contributed by atoms with Gasteiger partial charge in [-0.1, -0.05) is 30.3 Å². The maximum atomic E-state index is 12.5. The van der Waals surface area contributed by atoms with Gasteiger partial charge in [-0.2, -0.15) is 0 Å². The van der Waals surface area contributed by atoms with E-state index in [1.54, 1.807) is 30.3 Å². The summed E-state index contributed by atoms with van der Waals surface area (Å²) in [7, 11) is -2.20. The Morgan fingerprint density at radius 1 is 0.862 bits per heavy atom. The molecule has 2 N–H and O–H groups in total. The molecule has 0 aromatic heterocycles. The van der Waals surface area contributed by atoms with Crippen LogP contribution in [0.15, 0.2) is 89.8 Å². The molecule has 0 aliphatic carbocycles. The van der Waals surface area contributed by atoms with Crippen LogP contribution in [0.2, 0.25) is 0 Å². The largest absolute Gasteiger partial charge is 0.497 e. The van der Waals surface area contributed by atoms with Crippen molar-refractivity contribution in [2.75, 3.05) is 17.1 Å². The monoisotopic (exact) mass is 408 g/mol. The SMILES string of the molecule is COc1ccc(NS(=O)(=O)c2ccc(NC(=O)C=Cc3ccccc3)cc2)cc1. The lowest BCUT2D eigenvalue weighted by Crippen LogP contribution is -2.13. The minimum Gasteiger partial charge on any atom is -0.497 e. The van der Waals surface area contributed by atoms with Crippen LogP contribution in [0.1, 0.15) is 5.56 Å². The van der Waals surface area contributed by atoms with Gasteiger partial charge >= 0.3 is 0 Å². The van der Waals surface area contributed by atoms with Crippen molar-refractivity contribution >= 4 is 33.4 Å². The lowest BCUT2D eigenvalue weighted by molar-refractivity contribution is -0.111. The van der Waals surface area contributed by atoms with Crippen LogP contribution in [-0.2, 0) is 14.8 Å². The molecule has 0 heterocycles. The standard InChI is InChI=1S/C22H20N2O4S/c1-28-20-12-8-19(9-13-20)24-29(26,27)21-14-10-18(11-15-21)23-22(25)16-7-17-5-3-2-4-6-17/h2-16,24H,1H3,(H,23,25). The molecule has 3 aromatic carbocycles. The molecule has 0 spiro atoms. The third-order valence-corrected chi connectivity index (χ3v) is 5.40. The number of anilines is 2. The number of ether oxygens (including phenoxy) is 1. The molecule has 3 aromatic rings. The molecule has 148 valence electrons. The second-order valence-corrected chi connectivity index (χ2v) is 7.77. The average Bonchev–Trinajstić information content (AvgIpc) is 2.74. The molecule has 0 saturated carbocycles. The Balaban J connectivity index is 1.63. The van der Waals surface area contributed by atoms with Gasteiger partial charge in [0, 0.05) is 17.5 Å². The average molecular weight is 408 g/mol. The van der Waals surface area contributed by atoms with Crippen molar-refractivity contribution < 1.29 is 17.9 Å². The normalized spacial score (nSPS) is 11.2. The molecule has 0 aliphatic heterocycles. The van der Waals surface area contributed by atoms with Crippen LogP contribution in [0.25, 0.3) is 6.08 Å². The minimum atomic E-state index is -3.74. The number of hydrogen-bond donors (Lipinski definition) is 2.